The number of Topliss-reactive ketones (excluding diaryl/α,β-unsaturated/α-hetero) is 1. The molecule has 0 aliphatic carbocycles. The number of likely N-dealkylation sites (tertiary alicyclic amines) is 1. The van der Waals surface area contributed by atoms with Crippen LogP contribution in [0.5, 0.6) is 5.75 Å². The number of halogens is 1. The maximum Gasteiger partial charge on any atom is 0.223 e. The first-order chi connectivity index (χ1) is 13.6. The number of benzene rings is 1. The fourth-order valence-corrected chi connectivity index (χ4v) is 4.50. The standard InChI is InChI=1S/C21H24N4O3.ClH/c26-18-12-21(28-19-4-2-1-3-17(18)19)7-9-24(14-21)20(27)6-5-15-11-16-13-22-8-10-25(16)23-15;/h1-4,11,22H,5-10,12-14H2;1H. The Bertz CT molecular complexity index is 920. The predicted molar refractivity (Wildman–Crippen MR) is 109 cm³/mol. The summed E-state index contributed by atoms with van der Waals surface area (Å²) in [7, 11) is 0. The summed E-state index contributed by atoms with van der Waals surface area (Å²) in [4.78, 5) is 27.1. The molecule has 1 atom stereocenters. The molecule has 1 saturated heterocycles. The molecule has 29 heavy (non-hydrogen) atoms. The van der Waals surface area contributed by atoms with Gasteiger partial charge in [0.25, 0.3) is 0 Å². The normalized spacial score (nSPS) is 22.6. The Morgan fingerprint density at radius 2 is 2.14 bits per heavy atom. The van der Waals surface area contributed by atoms with E-state index in [1.807, 2.05) is 33.8 Å². The molecule has 1 N–H and O–H groups in total. The zero-order chi connectivity index (χ0) is 19.1. The number of nitrogens with one attached hydrogen (secondary N) is 1. The highest BCUT2D eigenvalue weighted by atomic mass is 35.5. The Labute approximate surface area is 175 Å². The summed E-state index contributed by atoms with van der Waals surface area (Å²) >= 11 is 0. The van der Waals surface area contributed by atoms with Crippen LogP contribution in [0.1, 0.15) is 41.0 Å². The van der Waals surface area contributed by atoms with Gasteiger partial charge in [-0.3, -0.25) is 14.3 Å². The average molecular weight is 417 g/mol. The number of carbonyl (C=O) groups excluding carboxylic acids is 2. The third-order valence-electron chi connectivity index (χ3n) is 5.98. The molecular formula is C21H25ClN4O3. The van der Waals surface area contributed by atoms with Crippen molar-refractivity contribution < 1.29 is 14.3 Å². The molecule has 8 heteroatoms. The number of rotatable bonds is 3. The van der Waals surface area contributed by atoms with Gasteiger partial charge < -0.3 is 15.0 Å². The Morgan fingerprint density at radius 1 is 1.28 bits per heavy atom. The Hall–Kier alpha value is -2.38. The third-order valence-corrected chi connectivity index (χ3v) is 5.98. The first kappa shape index (κ1) is 19.9. The molecule has 1 unspecified atom stereocenters. The molecule has 3 aliphatic heterocycles. The zero-order valence-corrected chi connectivity index (χ0v) is 17.0. The lowest BCUT2D eigenvalue weighted by molar-refractivity contribution is -0.131. The largest absolute Gasteiger partial charge is 0.484 e. The van der Waals surface area contributed by atoms with E-state index < -0.39 is 5.60 Å². The zero-order valence-electron chi connectivity index (χ0n) is 16.2. The summed E-state index contributed by atoms with van der Waals surface area (Å²) in [6, 6.07) is 9.47. The van der Waals surface area contributed by atoms with E-state index in [4.69, 9.17) is 4.74 Å². The van der Waals surface area contributed by atoms with Crippen LogP contribution in [-0.4, -0.2) is 51.6 Å². The molecule has 1 aromatic carbocycles. The van der Waals surface area contributed by atoms with Crippen LogP contribution in [0, 0.1) is 0 Å². The van der Waals surface area contributed by atoms with Crippen LogP contribution in [0.4, 0.5) is 0 Å². The number of hydrogen-bond acceptors (Lipinski definition) is 5. The summed E-state index contributed by atoms with van der Waals surface area (Å²) < 4.78 is 8.24. The van der Waals surface area contributed by atoms with Crippen LogP contribution >= 0.6 is 12.4 Å². The highest BCUT2D eigenvalue weighted by molar-refractivity contribution is 6.00. The number of ether oxygens (including phenoxy) is 1. The van der Waals surface area contributed by atoms with Crippen molar-refractivity contribution in [3.8, 4) is 5.75 Å². The van der Waals surface area contributed by atoms with Gasteiger partial charge in [-0.1, -0.05) is 12.1 Å². The third kappa shape index (κ3) is 3.76. The number of fused-ring (bicyclic) bond motifs is 2. The van der Waals surface area contributed by atoms with Gasteiger partial charge in [-0.25, -0.2) is 0 Å². The smallest absolute Gasteiger partial charge is 0.223 e. The lowest BCUT2D eigenvalue weighted by Gasteiger charge is -2.34. The SMILES string of the molecule is Cl.O=C1CC2(CCN(C(=O)CCc3cc4n(n3)CCNC4)C2)Oc2ccccc21. The Kier molecular flexibility index (Phi) is 5.36. The summed E-state index contributed by atoms with van der Waals surface area (Å²) in [6.07, 6.45) is 2.12. The van der Waals surface area contributed by atoms with Gasteiger partial charge >= 0.3 is 0 Å². The van der Waals surface area contributed by atoms with Crippen LogP contribution in [0.15, 0.2) is 30.3 Å². The summed E-state index contributed by atoms with van der Waals surface area (Å²) in [5.41, 5.74) is 2.23. The second kappa shape index (κ2) is 7.80. The lowest BCUT2D eigenvalue weighted by Crippen LogP contribution is -2.45. The van der Waals surface area contributed by atoms with Gasteiger partial charge in [0.05, 0.1) is 36.5 Å². The van der Waals surface area contributed by atoms with E-state index >= 15 is 0 Å². The highest BCUT2D eigenvalue weighted by Crippen LogP contribution is 2.38. The number of hydrogen-bond donors (Lipinski definition) is 1. The minimum atomic E-state index is -0.569. The van der Waals surface area contributed by atoms with E-state index in [9.17, 15) is 9.59 Å². The highest BCUT2D eigenvalue weighted by Gasteiger charge is 2.46. The average Bonchev–Trinajstić information content (AvgIpc) is 3.30. The maximum atomic E-state index is 12.8. The van der Waals surface area contributed by atoms with E-state index in [-0.39, 0.29) is 24.1 Å². The molecule has 4 heterocycles. The number of aromatic nitrogens is 2. The van der Waals surface area contributed by atoms with Crippen molar-refractivity contribution in [2.24, 2.45) is 0 Å². The molecule has 0 saturated carbocycles. The molecule has 2 aromatic rings. The van der Waals surface area contributed by atoms with Gasteiger partial charge in [0.15, 0.2) is 5.78 Å². The molecule has 0 radical (unpaired) electrons. The fourth-order valence-electron chi connectivity index (χ4n) is 4.50. The van der Waals surface area contributed by atoms with E-state index in [1.54, 1.807) is 0 Å². The molecule has 7 nitrogen and oxygen atoms in total. The number of aryl methyl sites for hydroxylation is 1. The molecule has 1 aromatic heterocycles. The van der Waals surface area contributed by atoms with Crippen molar-refractivity contribution in [1.29, 1.82) is 0 Å². The quantitative estimate of drug-likeness (QED) is 0.827. The maximum absolute atomic E-state index is 12.8. The molecule has 1 fully saturated rings. The van der Waals surface area contributed by atoms with E-state index in [0.29, 0.717) is 50.1 Å². The van der Waals surface area contributed by atoms with Crippen LogP contribution in [0.3, 0.4) is 0 Å². The van der Waals surface area contributed by atoms with Crippen LogP contribution in [0.2, 0.25) is 0 Å². The fraction of sp³-hybridized carbons (Fsp3) is 0.476. The van der Waals surface area contributed by atoms with E-state index in [1.165, 1.54) is 5.69 Å². The van der Waals surface area contributed by atoms with Crippen LogP contribution < -0.4 is 10.1 Å². The van der Waals surface area contributed by atoms with Gasteiger partial charge in [0.2, 0.25) is 5.91 Å². The van der Waals surface area contributed by atoms with Crippen molar-refractivity contribution >= 4 is 24.1 Å². The minimum absolute atomic E-state index is 0. The number of para-hydroxylation sites is 1. The van der Waals surface area contributed by atoms with Gasteiger partial charge in [-0.15, -0.1) is 12.4 Å². The molecule has 1 spiro atoms. The van der Waals surface area contributed by atoms with Crippen LogP contribution in [0.25, 0.3) is 0 Å². The molecule has 1 amide bonds. The molecule has 0 bridgehead atoms. The monoisotopic (exact) mass is 416 g/mol. The second-order valence-corrected chi connectivity index (χ2v) is 7.97. The number of amides is 1. The molecule has 3 aliphatic rings. The number of ketones is 1. The second-order valence-electron chi connectivity index (χ2n) is 7.97. The van der Waals surface area contributed by atoms with Crippen molar-refractivity contribution in [2.45, 2.75) is 44.4 Å². The molecule has 5 rings (SSSR count). The van der Waals surface area contributed by atoms with Gasteiger partial charge in [0, 0.05) is 38.9 Å². The topological polar surface area (TPSA) is 76.5 Å². The minimum Gasteiger partial charge on any atom is -0.484 e. The van der Waals surface area contributed by atoms with Gasteiger partial charge in [0.1, 0.15) is 11.4 Å². The number of nitrogens with zero attached hydrogens (tertiary/aromatic N) is 3. The Morgan fingerprint density at radius 3 is 3.00 bits per heavy atom. The molecular weight excluding hydrogens is 392 g/mol. The predicted octanol–water partition coefficient (Wildman–Crippen LogP) is 1.98. The summed E-state index contributed by atoms with van der Waals surface area (Å²) in [5, 5.41) is 7.93. The Balaban J connectivity index is 0.00000205. The first-order valence-electron chi connectivity index (χ1n) is 9.97. The van der Waals surface area contributed by atoms with Gasteiger partial charge in [-0.2, -0.15) is 5.10 Å². The van der Waals surface area contributed by atoms with Crippen molar-refractivity contribution in [1.82, 2.24) is 20.0 Å². The van der Waals surface area contributed by atoms with E-state index in [2.05, 4.69) is 16.5 Å². The van der Waals surface area contributed by atoms with E-state index in [0.717, 1.165) is 25.3 Å². The van der Waals surface area contributed by atoms with Crippen molar-refractivity contribution in [3.05, 3.63) is 47.3 Å². The summed E-state index contributed by atoms with van der Waals surface area (Å²) in [6.45, 7) is 3.77. The summed E-state index contributed by atoms with van der Waals surface area (Å²) in [5.74, 6) is 0.856. The van der Waals surface area contributed by atoms with Crippen molar-refractivity contribution in [2.75, 3.05) is 19.6 Å². The van der Waals surface area contributed by atoms with Crippen LogP contribution in [-0.2, 0) is 24.3 Å². The van der Waals surface area contributed by atoms with Gasteiger partial charge in [-0.05, 0) is 18.2 Å². The lowest BCUT2D eigenvalue weighted by atomic mass is 9.89. The molecule has 154 valence electrons. The van der Waals surface area contributed by atoms with Crippen molar-refractivity contribution in [3.63, 3.8) is 0 Å². The number of carbonyl (C=O) groups is 2. The first-order valence-corrected chi connectivity index (χ1v) is 9.97.